The molecule has 56 valence electrons. The van der Waals surface area contributed by atoms with Gasteiger partial charge >= 0.3 is 0 Å². The SMILES string of the molecule is COC1=CC2=NN=NC2C=C1. The predicted molar refractivity (Wildman–Crippen MR) is 40.3 cm³/mol. The molecular formula is C7H7N3O. The zero-order chi connectivity index (χ0) is 7.68. The summed E-state index contributed by atoms with van der Waals surface area (Å²) in [5.41, 5.74) is 0.851. The van der Waals surface area contributed by atoms with Crippen LogP contribution in [-0.4, -0.2) is 18.9 Å². The maximum Gasteiger partial charge on any atom is 0.135 e. The van der Waals surface area contributed by atoms with E-state index in [0.717, 1.165) is 11.5 Å². The summed E-state index contributed by atoms with van der Waals surface area (Å²) in [6.07, 6.45) is 5.62. The van der Waals surface area contributed by atoms with E-state index in [2.05, 4.69) is 15.4 Å². The Morgan fingerprint density at radius 3 is 3.27 bits per heavy atom. The second-order valence-electron chi connectivity index (χ2n) is 2.28. The van der Waals surface area contributed by atoms with Crippen LogP contribution in [0, 0.1) is 0 Å². The van der Waals surface area contributed by atoms with Gasteiger partial charge in [-0.1, -0.05) is 0 Å². The molecule has 1 unspecified atom stereocenters. The van der Waals surface area contributed by atoms with Gasteiger partial charge in [0, 0.05) is 6.08 Å². The fraction of sp³-hybridized carbons (Fsp3) is 0.286. The zero-order valence-electron chi connectivity index (χ0n) is 6.06. The lowest BCUT2D eigenvalue weighted by Crippen LogP contribution is -2.14. The molecule has 0 spiro atoms. The number of ether oxygens (including phenoxy) is 1. The van der Waals surface area contributed by atoms with Crippen molar-refractivity contribution in [2.75, 3.05) is 7.11 Å². The lowest BCUT2D eigenvalue weighted by Gasteiger charge is -2.07. The first-order valence-corrected chi connectivity index (χ1v) is 3.32. The van der Waals surface area contributed by atoms with E-state index in [0.29, 0.717) is 0 Å². The van der Waals surface area contributed by atoms with E-state index < -0.39 is 0 Å². The van der Waals surface area contributed by atoms with Crippen LogP contribution in [0.5, 0.6) is 0 Å². The fourth-order valence-electron chi connectivity index (χ4n) is 1.01. The molecular weight excluding hydrogens is 142 g/mol. The first-order chi connectivity index (χ1) is 5.40. The minimum absolute atomic E-state index is 0.0221. The monoisotopic (exact) mass is 149 g/mol. The zero-order valence-corrected chi connectivity index (χ0v) is 6.06. The number of allylic oxidation sites excluding steroid dienone is 1. The third kappa shape index (κ3) is 0.960. The molecule has 1 heterocycles. The molecule has 0 saturated carbocycles. The lowest BCUT2D eigenvalue weighted by atomic mass is 10.1. The Hall–Kier alpha value is -1.45. The van der Waals surface area contributed by atoms with E-state index in [1.165, 1.54) is 0 Å². The van der Waals surface area contributed by atoms with Crippen molar-refractivity contribution in [1.82, 2.24) is 0 Å². The molecule has 1 atom stereocenters. The van der Waals surface area contributed by atoms with Crippen molar-refractivity contribution >= 4 is 5.71 Å². The van der Waals surface area contributed by atoms with Gasteiger partial charge in [0.25, 0.3) is 0 Å². The van der Waals surface area contributed by atoms with Crippen molar-refractivity contribution in [3.05, 3.63) is 24.0 Å². The van der Waals surface area contributed by atoms with Gasteiger partial charge in [-0.05, 0) is 17.4 Å². The summed E-state index contributed by atoms with van der Waals surface area (Å²) >= 11 is 0. The Bertz CT molecular complexity index is 288. The topological polar surface area (TPSA) is 46.3 Å². The molecule has 4 heteroatoms. The quantitative estimate of drug-likeness (QED) is 0.553. The summed E-state index contributed by atoms with van der Waals surface area (Å²) in [6.45, 7) is 0. The van der Waals surface area contributed by atoms with Crippen molar-refractivity contribution < 1.29 is 4.74 Å². The van der Waals surface area contributed by atoms with Gasteiger partial charge in [0.15, 0.2) is 0 Å². The number of nitrogens with zero attached hydrogens (tertiary/aromatic N) is 3. The molecule has 2 aliphatic rings. The smallest absolute Gasteiger partial charge is 0.135 e. The highest BCUT2D eigenvalue weighted by atomic mass is 16.5. The lowest BCUT2D eigenvalue weighted by molar-refractivity contribution is 0.306. The standard InChI is InChI=1S/C7H7N3O/c1-11-5-2-3-6-7(4-5)9-10-8-6/h2-4,6H,1H3. The van der Waals surface area contributed by atoms with E-state index in [1.807, 2.05) is 18.2 Å². The van der Waals surface area contributed by atoms with Crippen LogP contribution in [0.4, 0.5) is 0 Å². The summed E-state index contributed by atoms with van der Waals surface area (Å²) in [7, 11) is 1.63. The third-order valence-corrected chi connectivity index (χ3v) is 1.61. The molecule has 0 aromatic rings. The predicted octanol–water partition coefficient (Wildman–Crippen LogP) is 1.28. The third-order valence-electron chi connectivity index (χ3n) is 1.61. The second kappa shape index (κ2) is 2.30. The average molecular weight is 149 g/mol. The number of fused-ring (bicyclic) bond motifs is 1. The normalized spacial score (nSPS) is 26.1. The van der Waals surface area contributed by atoms with Crippen molar-refractivity contribution in [1.29, 1.82) is 0 Å². The highest BCUT2D eigenvalue weighted by Gasteiger charge is 2.18. The van der Waals surface area contributed by atoms with Crippen molar-refractivity contribution in [2.24, 2.45) is 15.4 Å². The van der Waals surface area contributed by atoms with Gasteiger partial charge < -0.3 is 4.74 Å². The van der Waals surface area contributed by atoms with E-state index in [1.54, 1.807) is 7.11 Å². The Kier molecular flexibility index (Phi) is 1.31. The van der Waals surface area contributed by atoms with Crippen molar-refractivity contribution in [3.8, 4) is 0 Å². The van der Waals surface area contributed by atoms with Gasteiger partial charge in [0.2, 0.25) is 0 Å². The van der Waals surface area contributed by atoms with Gasteiger partial charge in [-0.25, -0.2) is 0 Å². The van der Waals surface area contributed by atoms with Crippen LogP contribution in [0.1, 0.15) is 0 Å². The largest absolute Gasteiger partial charge is 0.497 e. The van der Waals surface area contributed by atoms with Crippen LogP contribution in [0.3, 0.4) is 0 Å². The van der Waals surface area contributed by atoms with E-state index in [4.69, 9.17) is 4.74 Å². The Balaban J connectivity index is 2.29. The number of hydrogen-bond acceptors (Lipinski definition) is 4. The van der Waals surface area contributed by atoms with Gasteiger partial charge in [-0.2, -0.15) is 5.11 Å². The Morgan fingerprint density at radius 1 is 1.55 bits per heavy atom. The van der Waals surface area contributed by atoms with Crippen molar-refractivity contribution in [2.45, 2.75) is 6.04 Å². The van der Waals surface area contributed by atoms with Crippen LogP contribution in [-0.2, 0) is 4.74 Å². The molecule has 1 aliphatic heterocycles. The van der Waals surface area contributed by atoms with E-state index >= 15 is 0 Å². The molecule has 11 heavy (non-hydrogen) atoms. The minimum atomic E-state index is 0.0221. The van der Waals surface area contributed by atoms with Crippen LogP contribution in [0.25, 0.3) is 0 Å². The van der Waals surface area contributed by atoms with Gasteiger partial charge in [-0.3, -0.25) is 0 Å². The molecule has 0 aromatic carbocycles. The number of methoxy groups -OCH3 is 1. The maximum atomic E-state index is 5.01. The highest BCUT2D eigenvalue weighted by Crippen LogP contribution is 2.16. The molecule has 1 aliphatic carbocycles. The van der Waals surface area contributed by atoms with E-state index in [-0.39, 0.29) is 6.04 Å². The summed E-state index contributed by atoms with van der Waals surface area (Å²) in [5.74, 6) is 0.798. The summed E-state index contributed by atoms with van der Waals surface area (Å²) in [4.78, 5) is 0. The summed E-state index contributed by atoms with van der Waals surface area (Å²) < 4.78 is 5.01. The molecule has 2 rings (SSSR count). The molecule has 0 bridgehead atoms. The van der Waals surface area contributed by atoms with Crippen molar-refractivity contribution in [3.63, 3.8) is 0 Å². The van der Waals surface area contributed by atoms with Crippen LogP contribution >= 0.6 is 0 Å². The molecule has 0 radical (unpaired) electrons. The first-order valence-electron chi connectivity index (χ1n) is 3.32. The van der Waals surface area contributed by atoms with Crippen LogP contribution in [0.15, 0.2) is 39.4 Å². The minimum Gasteiger partial charge on any atom is -0.497 e. The highest BCUT2D eigenvalue weighted by molar-refractivity contribution is 6.02. The molecule has 4 nitrogen and oxygen atoms in total. The Labute approximate surface area is 64.0 Å². The maximum absolute atomic E-state index is 5.01. The van der Waals surface area contributed by atoms with Crippen LogP contribution < -0.4 is 0 Å². The van der Waals surface area contributed by atoms with Crippen LogP contribution in [0.2, 0.25) is 0 Å². The first kappa shape index (κ1) is 6.27. The van der Waals surface area contributed by atoms with Gasteiger partial charge in [-0.15, -0.1) is 5.10 Å². The van der Waals surface area contributed by atoms with Gasteiger partial charge in [0.05, 0.1) is 12.8 Å². The second-order valence-corrected chi connectivity index (χ2v) is 2.28. The molecule has 0 amide bonds. The molecule has 0 saturated heterocycles. The average Bonchev–Trinajstić information content (AvgIpc) is 2.50. The molecule has 0 N–H and O–H groups in total. The number of rotatable bonds is 1. The van der Waals surface area contributed by atoms with E-state index in [9.17, 15) is 0 Å². The molecule has 0 fully saturated rings. The summed E-state index contributed by atoms with van der Waals surface area (Å²) in [6, 6.07) is 0.0221. The molecule has 0 aromatic heterocycles. The fourth-order valence-corrected chi connectivity index (χ4v) is 1.01. The Morgan fingerprint density at radius 2 is 2.45 bits per heavy atom. The number of hydrogen-bond donors (Lipinski definition) is 0. The van der Waals surface area contributed by atoms with Gasteiger partial charge in [0.1, 0.15) is 11.8 Å². The summed E-state index contributed by atoms with van der Waals surface area (Å²) in [5, 5.41) is 11.2.